The minimum Gasteiger partial charge on any atom is -0.490 e. The Morgan fingerprint density at radius 3 is 2.62 bits per heavy atom. The molecule has 1 saturated carbocycles. The van der Waals surface area contributed by atoms with Gasteiger partial charge in [-0.15, -0.1) is 0 Å². The molecule has 1 spiro atoms. The number of allylic oxidation sites excluding steroid dienone is 1. The molecule has 4 aliphatic heterocycles. The van der Waals surface area contributed by atoms with Gasteiger partial charge in [0.1, 0.15) is 11.4 Å². The second kappa shape index (κ2) is 14.9. The third-order valence-corrected chi connectivity index (χ3v) is 18.2. The number of halogens is 1. The number of nitrogens with one attached hydrogen (secondary N) is 1. The average molecular weight is 830 g/mol. The second-order valence-corrected chi connectivity index (χ2v) is 22.7. The number of sulfone groups is 1. The monoisotopic (exact) mass is 828 g/mol. The Bertz CT molecular complexity index is 2120. The van der Waals surface area contributed by atoms with Crippen molar-refractivity contribution in [1.29, 1.82) is 0 Å². The summed E-state index contributed by atoms with van der Waals surface area (Å²) in [7, 11) is -5.32. The van der Waals surface area contributed by atoms with Gasteiger partial charge in [-0.2, -0.15) is 0 Å². The van der Waals surface area contributed by atoms with E-state index in [4.69, 9.17) is 21.1 Å². The van der Waals surface area contributed by atoms with E-state index in [1.54, 1.807) is 20.1 Å². The summed E-state index contributed by atoms with van der Waals surface area (Å²) < 4.78 is 68.6. The van der Waals surface area contributed by atoms with Crippen LogP contribution >= 0.6 is 11.6 Å². The van der Waals surface area contributed by atoms with Crippen LogP contribution in [0.4, 0.5) is 5.69 Å². The summed E-state index contributed by atoms with van der Waals surface area (Å²) in [5.74, 6) is 0.226. The molecule has 1 amide bonds. The summed E-state index contributed by atoms with van der Waals surface area (Å²) in [6.07, 6.45) is 9.53. The maximum atomic E-state index is 13.7. The van der Waals surface area contributed by atoms with Gasteiger partial charge in [0.15, 0.2) is 9.84 Å². The number of rotatable bonds is 3. The van der Waals surface area contributed by atoms with E-state index in [1.807, 2.05) is 25.1 Å². The fourth-order valence-corrected chi connectivity index (χ4v) is 13.9. The van der Waals surface area contributed by atoms with Crippen molar-refractivity contribution in [3.05, 3.63) is 70.3 Å². The first-order valence-corrected chi connectivity index (χ1v) is 24.1. The second-order valence-electron chi connectivity index (χ2n) is 18.0. The molecule has 1 N–H and O–H groups in total. The third kappa shape index (κ3) is 7.42. The molecule has 2 aromatic carbocycles. The summed E-state index contributed by atoms with van der Waals surface area (Å²) in [5, 5.41) is -0.116. The first kappa shape index (κ1) is 40.1. The maximum Gasteiger partial charge on any atom is 0.264 e. The van der Waals surface area contributed by atoms with Crippen LogP contribution in [0.3, 0.4) is 0 Å². The molecule has 1 unspecified atom stereocenters. The molecule has 14 heteroatoms. The molecule has 11 nitrogen and oxygen atoms in total. The van der Waals surface area contributed by atoms with Crippen LogP contribution in [0.15, 0.2) is 48.6 Å². The molecule has 2 aromatic rings. The molecule has 2 aliphatic carbocycles. The van der Waals surface area contributed by atoms with Gasteiger partial charge in [-0.1, -0.05) is 43.7 Å². The number of nitrogens with zero attached hydrogens (tertiary/aromatic N) is 3. The zero-order valence-corrected chi connectivity index (χ0v) is 35.5. The minimum absolute atomic E-state index is 0.0483. The Morgan fingerprint density at radius 2 is 1.86 bits per heavy atom. The number of sulfonamides is 1. The normalized spacial score (nSPS) is 36.4. The lowest BCUT2D eigenvalue weighted by Gasteiger charge is -2.58. The Labute approximate surface area is 338 Å². The number of amides is 1. The number of hydrogen-bond acceptors (Lipinski definition) is 10. The van der Waals surface area contributed by atoms with Crippen LogP contribution in [-0.4, -0.2) is 120 Å². The summed E-state index contributed by atoms with van der Waals surface area (Å²) in [6, 6.07) is 11.4. The van der Waals surface area contributed by atoms with Crippen molar-refractivity contribution in [2.75, 3.05) is 75.9 Å². The largest absolute Gasteiger partial charge is 0.490 e. The van der Waals surface area contributed by atoms with E-state index < -0.39 is 36.6 Å². The van der Waals surface area contributed by atoms with E-state index in [9.17, 15) is 21.6 Å². The predicted octanol–water partition coefficient (Wildman–Crippen LogP) is 5.07. The van der Waals surface area contributed by atoms with Crippen molar-refractivity contribution >= 4 is 43.1 Å². The predicted molar refractivity (Wildman–Crippen MR) is 220 cm³/mol. The standard InChI is InChI=1S/C42H57ClN4O7S2/c1-29-7-5-15-42(53-4,27-45-17-18-46-19-20-55(49,50)24-34(46)23-45)38-13-16-40(38,3)25-47-26-41(14-6-8-31-21-33(43)10-11-35(31)41)28-54-37-12-9-32(22-36(37)47)39(48)44-56(51,52)30(29)2/h5,9-12,15,21-22,29-30,34,38H,6-8,13-14,16-20,23-28H2,1-4H3,(H,44,48)/b15-5+/t29-,30+,34+,38+,40?,41-,42-/m0/s1. The molecule has 7 atom stereocenters. The quantitative estimate of drug-likeness (QED) is 0.420. The highest BCUT2D eigenvalue weighted by Gasteiger charge is 2.56. The van der Waals surface area contributed by atoms with E-state index in [1.165, 1.54) is 11.1 Å². The first-order chi connectivity index (χ1) is 26.5. The number of hydrogen-bond donors (Lipinski definition) is 1. The van der Waals surface area contributed by atoms with Crippen LogP contribution in [0.2, 0.25) is 5.02 Å². The van der Waals surface area contributed by atoms with Crippen LogP contribution < -0.4 is 14.4 Å². The lowest BCUT2D eigenvalue weighted by atomic mass is 9.54. The Balaban J connectivity index is 1.21. The van der Waals surface area contributed by atoms with Gasteiger partial charge in [-0.25, -0.2) is 21.6 Å². The number of carbonyl (C=O) groups excluding carboxylic acids is 1. The number of benzene rings is 2. The number of methoxy groups -OCH3 is 1. The number of piperazine rings is 1. The van der Waals surface area contributed by atoms with E-state index in [0.717, 1.165) is 55.9 Å². The maximum absolute atomic E-state index is 13.7. The van der Waals surface area contributed by atoms with Crippen molar-refractivity contribution in [3.63, 3.8) is 0 Å². The molecule has 6 aliphatic rings. The summed E-state index contributed by atoms with van der Waals surface area (Å²) in [4.78, 5) is 20.8. The highest BCUT2D eigenvalue weighted by molar-refractivity contribution is 7.91. The van der Waals surface area contributed by atoms with E-state index in [0.29, 0.717) is 51.5 Å². The van der Waals surface area contributed by atoms with Crippen molar-refractivity contribution in [1.82, 2.24) is 14.5 Å². The highest BCUT2D eigenvalue weighted by atomic mass is 35.5. The number of anilines is 1. The SMILES string of the molecule is CO[C@]1(CN2CCN3CCS(=O)(=O)C[C@H]3C2)/C=C/C[C@H](C)[C@@H](C)S(=O)(=O)NC(=O)c2ccc3c(c2)N(CC2(C)CC[C@H]21)C[C@@]1(CCCc2cc(Cl)ccc21)CO3. The molecular weight excluding hydrogens is 772 g/mol. The van der Waals surface area contributed by atoms with E-state index in [2.05, 4.69) is 50.6 Å². The van der Waals surface area contributed by atoms with Crippen LogP contribution in [-0.2, 0) is 36.4 Å². The van der Waals surface area contributed by atoms with E-state index >= 15 is 0 Å². The van der Waals surface area contributed by atoms with Crippen LogP contribution in [0.5, 0.6) is 5.75 Å². The fraction of sp³-hybridized carbons (Fsp3) is 0.643. The molecule has 0 radical (unpaired) electrons. The van der Waals surface area contributed by atoms with Gasteiger partial charge in [0, 0.05) is 75.0 Å². The average Bonchev–Trinajstić information content (AvgIpc) is 3.29. The summed E-state index contributed by atoms with van der Waals surface area (Å²) in [5.41, 5.74) is 2.27. The smallest absolute Gasteiger partial charge is 0.264 e. The van der Waals surface area contributed by atoms with E-state index in [-0.39, 0.29) is 45.8 Å². The van der Waals surface area contributed by atoms with Gasteiger partial charge in [0.05, 0.1) is 29.0 Å². The van der Waals surface area contributed by atoms with Crippen LogP contribution in [0.1, 0.15) is 74.4 Å². The minimum atomic E-state index is -4.02. The molecule has 2 bridgehead atoms. The van der Waals surface area contributed by atoms with Crippen molar-refractivity contribution < 1.29 is 31.1 Å². The lowest BCUT2D eigenvalue weighted by Crippen LogP contribution is -2.65. The topological polar surface area (TPSA) is 126 Å². The first-order valence-electron chi connectivity index (χ1n) is 20.3. The highest BCUT2D eigenvalue weighted by Crippen LogP contribution is 2.56. The zero-order chi connectivity index (χ0) is 39.7. The molecule has 56 heavy (non-hydrogen) atoms. The lowest BCUT2D eigenvalue weighted by molar-refractivity contribution is -0.131. The van der Waals surface area contributed by atoms with Crippen molar-refractivity contribution in [2.24, 2.45) is 17.3 Å². The zero-order valence-electron chi connectivity index (χ0n) is 33.1. The number of aryl methyl sites for hydroxylation is 1. The van der Waals surface area contributed by atoms with Gasteiger partial charge in [-0.3, -0.25) is 14.6 Å². The Morgan fingerprint density at radius 1 is 1.04 bits per heavy atom. The summed E-state index contributed by atoms with van der Waals surface area (Å²) >= 11 is 6.52. The molecule has 3 fully saturated rings. The molecule has 4 heterocycles. The van der Waals surface area contributed by atoms with Gasteiger partial charge >= 0.3 is 0 Å². The third-order valence-electron chi connectivity index (χ3n) is 14.4. The summed E-state index contributed by atoms with van der Waals surface area (Å²) in [6.45, 7) is 11.2. The van der Waals surface area contributed by atoms with Crippen molar-refractivity contribution in [3.8, 4) is 5.75 Å². The van der Waals surface area contributed by atoms with Gasteiger partial charge in [0.2, 0.25) is 10.0 Å². The molecule has 8 rings (SSSR count). The van der Waals surface area contributed by atoms with Crippen LogP contribution in [0.25, 0.3) is 0 Å². The molecule has 2 saturated heterocycles. The number of fused-ring (bicyclic) bond motifs is 5. The number of ether oxygens (including phenoxy) is 2. The van der Waals surface area contributed by atoms with Gasteiger partial charge < -0.3 is 14.4 Å². The Kier molecular flexibility index (Phi) is 10.6. The van der Waals surface area contributed by atoms with Crippen molar-refractivity contribution in [2.45, 2.75) is 81.6 Å². The molecule has 306 valence electrons. The fourth-order valence-electron chi connectivity index (χ4n) is 10.8. The molecular formula is C42H57ClN4O7S2. The molecule has 0 aromatic heterocycles. The number of carbonyl (C=O) groups is 1. The van der Waals surface area contributed by atoms with Crippen LogP contribution in [0, 0.1) is 17.3 Å². The van der Waals surface area contributed by atoms with Gasteiger partial charge in [0.25, 0.3) is 5.91 Å². The van der Waals surface area contributed by atoms with Gasteiger partial charge in [-0.05, 0) is 104 Å². The Hall–Kier alpha value is -2.68.